The number of fused-ring (bicyclic) bond motifs is 2. The van der Waals surface area contributed by atoms with Crippen molar-refractivity contribution < 1.29 is 19.1 Å². The molecule has 2 unspecified atom stereocenters. The minimum absolute atomic E-state index is 0.0349. The number of aromatic nitrogens is 1. The van der Waals surface area contributed by atoms with E-state index in [0.29, 0.717) is 30.4 Å². The third kappa shape index (κ3) is 7.39. The van der Waals surface area contributed by atoms with Gasteiger partial charge in [0.25, 0.3) is 5.56 Å². The fraction of sp³-hybridized carbons (Fsp3) is 0.422. The highest BCUT2D eigenvalue weighted by Crippen LogP contribution is 2.54. The summed E-state index contributed by atoms with van der Waals surface area (Å²) in [6.07, 6.45) is 11.4. The van der Waals surface area contributed by atoms with Gasteiger partial charge < -0.3 is 25.3 Å². The van der Waals surface area contributed by atoms with Crippen LogP contribution in [0.3, 0.4) is 0 Å². The topological polar surface area (TPSA) is 145 Å². The van der Waals surface area contributed by atoms with Crippen molar-refractivity contribution in [2.75, 3.05) is 13.7 Å². The van der Waals surface area contributed by atoms with Crippen LogP contribution in [0.25, 0.3) is 22.3 Å². The number of nitrogens with zero attached hydrogens (tertiary/aromatic N) is 3. The fourth-order valence-corrected chi connectivity index (χ4v) is 9.71. The number of hydrogen-bond donors (Lipinski definition) is 3. The molecule has 4 heterocycles. The molecule has 6 atom stereocenters. The van der Waals surface area contributed by atoms with Crippen LogP contribution < -0.4 is 16.2 Å². The Bertz CT molecular complexity index is 2180. The van der Waals surface area contributed by atoms with Gasteiger partial charge in [-0.15, -0.1) is 0 Å². The van der Waals surface area contributed by atoms with E-state index in [0.717, 1.165) is 77.8 Å². The van der Waals surface area contributed by atoms with Gasteiger partial charge in [-0.05, 0) is 89.3 Å². The first-order valence-corrected chi connectivity index (χ1v) is 20.0. The summed E-state index contributed by atoms with van der Waals surface area (Å²) in [5, 5.41) is 5.79. The fourth-order valence-electron chi connectivity index (χ4n) is 9.71. The first-order valence-electron chi connectivity index (χ1n) is 20.0. The number of alkyl carbamates (subject to hydrolysis) is 1. The lowest BCUT2D eigenvalue weighted by Gasteiger charge is -2.31. The molecule has 3 aliphatic heterocycles. The van der Waals surface area contributed by atoms with Gasteiger partial charge in [0, 0.05) is 73.4 Å². The number of carbonyl (C=O) groups excluding carboxylic acids is 3. The zero-order valence-corrected chi connectivity index (χ0v) is 32.3. The zero-order chi connectivity index (χ0) is 38.9. The summed E-state index contributed by atoms with van der Waals surface area (Å²) >= 11 is 0. The van der Waals surface area contributed by atoms with E-state index in [1.54, 1.807) is 18.3 Å². The second-order valence-electron chi connectivity index (χ2n) is 16.2. The maximum Gasteiger partial charge on any atom is 0.407 e. The SMILES string of the molecule is COC(=O)N[C@H](C(=O)N1CCC[C@H]1C1=NC=C(c2ccc(-c3ccc(C4=CN=C([C@H]5C6CCC(C6)[C@@H]5C(=O)NCc5ccc[nH]c5=O)C4)cc3)cc2)C1)C(C)C. The van der Waals surface area contributed by atoms with Crippen molar-refractivity contribution in [3.63, 3.8) is 0 Å². The highest BCUT2D eigenvalue weighted by molar-refractivity contribution is 6.04. The number of aromatic amines is 1. The van der Waals surface area contributed by atoms with Crippen LogP contribution >= 0.6 is 0 Å². The summed E-state index contributed by atoms with van der Waals surface area (Å²) in [4.78, 5) is 65.5. The summed E-state index contributed by atoms with van der Waals surface area (Å²) in [6, 6.07) is 20.0. The molecule has 2 aliphatic carbocycles. The highest BCUT2D eigenvalue weighted by Gasteiger charge is 2.52. The molecule has 290 valence electrons. The number of benzene rings is 2. The molecule has 11 nitrogen and oxygen atoms in total. The quantitative estimate of drug-likeness (QED) is 0.198. The number of carbonyl (C=O) groups is 3. The van der Waals surface area contributed by atoms with Crippen molar-refractivity contribution in [3.8, 4) is 11.1 Å². The number of likely N-dealkylation sites (tertiary alicyclic amines) is 1. The second kappa shape index (κ2) is 15.9. The summed E-state index contributed by atoms with van der Waals surface area (Å²) in [7, 11) is 1.30. The first-order chi connectivity index (χ1) is 27.2. The van der Waals surface area contributed by atoms with Crippen LogP contribution in [0.2, 0.25) is 0 Å². The molecule has 2 bridgehead atoms. The lowest BCUT2D eigenvalue weighted by molar-refractivity contribution is -0.134. The lowest BCUT2D eigenvalue weighted by atomic mass is 9.75. The molecule has 3 fully saturated rings. The van der Waals surface area contributed by atoms with Gasteiger partial charge in [0.2, 0.25) is 11.8 Å². The van der Waals surface area contributed by atoms with Gasteiger partial charge >= 0.3 is 6.09 Å². The molecule has 3 aromatic rings. The van der Waals surface area contributed by atoms with Crippen LogP contribution in [-0.2, 0) is 20.9 Å². The zero-order valence-electron chi connectivity index (χ0n) is 32.3. The van der Waals surface area contributed by atoms with E-state index >= 15 is 0 Å². The number of rotatable bonds is 11. The molecule has 1 aromatic heterocycles. The number of H-pyrrole nitrogens is 1. The van der Waals surface area contributed by atoms with Crippen LogP contribution in [-0.4, -0.2) is 65.0 Å². The Labute approximate surface area is 327 Å². The van der Waals surface area contributed by atoms with Crippen molar-refractivity contribution in [3.05, 3.63) is 106 Å². The summed E-state index contributed by atoms with van der Waals surface area (Å²) in [5.74, 6) is 0.743. The molecule has 2 aromatic carbocycles. The van der Waals surface area contributed by atoms with Crippen LogP contribution in [0.5, 0.6) is 0 Å². The molecular formula is C45H50N6O5. The Morgan fingerprint density at radius 1 is 0.857 bits per heavy atom. The Morgan fingerprint density at radius 2 is 1.48 bits per heavy atom. The number of ether oxygens (including phenoxy) is 1. The highest BCUT2D eigenvalue weighted by atomic mass is 16.5. The standard InChI is InChI=1S/C45H50N6O5/c1-26(2)41(50-45(55)56-3)44(54)51-19-5-7-38(51)36-21-34(24-47-36)29-12-8-27(9-13-29)28-10-14-30(15-11-28)35-22-37(48-25-35)39-31-16-17-32(20-31)40(39)43(53)49-23-33-6-4-18-46-42(33)52/h4,6,8-15,18,24-26,31-32,38-41H,5,7,16-17,19-23H2,1-3H3,(H,46,52)(H,49,53)(H,50,55)/t31?,32?,38-,39+,40-,41-/m0/s1. The van der Waals surface area contributed by atoms with Crippen molar-refractivity contribution in [2.24, 2.45) is 39.6 Å². The second-order valence-corrected chi connectivity index (χ2v) is 16.2. The van der Waals surface area contributed by atoms with Gasteiger partial charge in [0.05, 0.1) is 13.2 Å². The van der Waals surface area contributed by atoms with Crippen LogP contribution in [0.15, 0.2) is 94.0 Å². The van der Waals surface area contributed by atoms with Crippen LogP contribution in [0.4, 0.5) is 4.79 Å². The predicted molar refractivity (Wildman–Crippen MR) is 218 cm³/mol. The first kappa shape index (κ1) is 37.3. The molecular weight excluding hydrogens is 705 g/mol. The van der Waals surface area contributed by atoms with Crippen molar-refractivity contribution in [1.29, 1.82) is 0 Å². The van der Waals surface area contributed by atoms with Crippen LogP contribution in [0.1, 0.15) is 75.5 Å². The van der Waals surface area contributed by atoms with Crippen molar-refractivity contribution in [1.82, 2.24) is 20.5 Å². The summed E-state index contributed by atoms with van der Waals surface area (Å²) in [6.45, 7) is 4.72. The third-order valence-electron chi connectivity index (χ3n) is 12.6. The van der Waals surface area contributed by atoms with Crippen molar-refractivity contribution in [2.45, 2.75) is 77.4 Å². The molecule has 0 spiro atoms. The van der Waals surface area contributed by atoms with Gasteiger partial charge in [-0.3, -0.25) is 24.4 Å². The lowest BCUT2D eigenvalue weighted by Crippen LogP contribution is -2.53. The van der Waals surface area contributed by atoms with Gasteiger partial charge in [0.15, 0.2) is 0 Å². The van der Waals surface area contributed by atoms with E-state index in [1.165, 1.54) is 12.7 Å². The van der Waals surface area contributed by atoms with E-state index in [4.69, 9.17) is 14.7 Å². The minimum Gasteiger partial charge on any atom is -0.453 e. The van der Waals surface area contributed by atoms with Gasteiger partial charge in [-0.2, -0.15) is 0 Å². The van der Waals surface area contributed by atoms with Crippen molar-refractivity contribution >= 4 is 40.5 Å². The van der Waals surface area contributed by atoms with E-state index in [2.05, 4.69) is 64.1 Å². The summed E-state index contributed by atoms with van der Waals surface area (Å²) in [5.41, 5.74) is 9.28. The molecule has 2 saturated carbocycles. The van der Waals surface area contributed by atoms with Gasteiger partial charge in [0.1, 0.15) is 6.04 Å². The molecule has 8 rings (SSSR count). The minimum atomic E-state index is -0.652. The number of allylic oxidation sites excluding steroid dienone is 2. The van der Waals surface area contributed by atoms with E-state index in [9.17, 15) is 19.2 Å². The number of amides is 3. The molecule has 3 N–H and O–H groups in total. The Kier molecular flexibility index (Phi) is 10.6. The van der Waals surface area contributed by atoms with Gasteiger partial charge in [-0.25, -0.2) is 4.79 Å². The largest absolute Gasteiger partial charge is 0.453 e. The van der Waals surface area contributed by atoms with Crippen LogP contribution in [0, 0.1) is 29.6 Å². The third-order valence-corrected chi connectivity index (χ3v) is 12.6. The Morgan fingerprint density at radius 3 is 2.12 bits per heavy atom. The average Bonchev–Trinajstić information content (AvgIpc) is 4.08. The maximum atomic E-state index is 13.6. The molecule has 11 heteroatoms. The van der Waals surface area contributed by atoms with Gasteiger partial charge in [-0.1, -0.05) is 68.4 Å². The number of aliphatic imine (C=N–C) groups is 2. The number of hydrogen-bond acceptors (Lipinski definition) is 7. The number of pyridine rings is 1. The van der Waals surface area contributed by atoms with E-state index in [1.807, 2.05) is 31.1 Å². The normalized spacial score (nSPS) is 24.4. The molecule has 1 saturated heterocycles. The monoisotopic (exact) mass is 754 g/mol. The Hall–Kier alpha value is -5.58. The Balaban J connectivity index is 0.864. The number of nitrogens with one attached hydrogen (secondary N) is 3. The summed E-state index contributed by atoms with van der Waals surface area (Å²) < 4.78 is 4.77. The maximum absolute atomic E-state index is 13.6. The predicted octanol–water partition coefficient (Wildman–Crippen LogP) is 6.76. The van der Waals surface area contributed by atoms with E-state index < -0.39 is 12.1 Å². The van der Waals surface area contributed by atoms with E-state index in [-0.39, 0.29) is 47.7 Å². The molecule has 56 heavy (non-hydrogen) atoms. The molecule has 0 radical (unpaired) electrons. The smallest absolute Gasteiger partial charge is 0.407 e. The average molecular weight is 755 g/mol. The molecule has 5 aliphatic rings. The number of methoxy groups -OCH3 is 1. The molecule has 3 amide bonds.